The Hall–Kier alpha value is -3.45. The fraction of sp³-hybridized carbons (Fsp3) is 0.452. The monoisotopic (exact) mass is 514 g/mol. The first-order chi connectivity index (χ1) is 18.2. The molecule has 1 N–H and O–H groups in total. The molecule has 1 aromatic heterocycles. The summed E-state index contributed by atoms with van der Waals surface area (Å²) >= 11 is 0. The van der Waals surface area contributed by atoms with Crippen LogP contribution in [0.1, 0.15) is 73.6 Å². The largest absolute Gasteiger partial charge is 0.493 e. The molecule has 1 atom stereocenters. The number of nitrogens with one attached hydrogen (secondary N) is 1. The molecule has 0 aliphatic carbocycles. The molecule has 3 heterocycles. The quantitative estimate of drug-likeness (QED) is 0.428. The van der Waals surface area contributed by atoms with Crippen molar-refractivity contribution in [1.82, 2.24) is 15.3 Å². The van der Waals surface area contributed by atoms with Crippen molar-refractivity contribution >= 4 is 11.6 Å². The topological polar surface area (TPSA) is 76.6 Å². The summed E-state index contributed by atoms with van der Waals surface area (Å²) in [6.07, 6.45) is 6.47. The van der Waals surface area contributed by atoms with Gasteiger partial charge in [0.1, 0.15) is 5.69 Å². The second kappa shape index (κ2) is 10.7. The number of nitrogens with zero attached hydrogens (tertiary/aromatic N) is 3. The summed E-state index contributed by atoms with van der Waals surface area (Å²) in [4.78, 5) is 24.5. The molecule has 2 aliphatic heterocycles. The van der Waals surface area contributed by atoms with E-state index in [1.54, 1.807) is 18.2 Å². The number of aromatic nitrogens is 2. The second-order valence-corrected chi connectivity index (χ2v) is 11.4. The highest BCUT2D eigenvalue weighted by atomic mass is 16.5. The molecule has 0 saturated carbocycles. The van der Waals surface area contributed by atoms with Gasteiger partial charge in [-0.1, -0.05) is 38.8 Å². The van der Waals surface area contributed by atoms with E-state index in [1.165, 1.54) is 24.8 Å². The molecule has 5 rings (SSSR count). The zero-order chi connectivity index (χ0) is 26.9. The number of anilines is 1. The molecule has 0 spiro atoms. The van der Waals surface area contributed by atoms with Crippen molar-refractivity contribution in [3.8, 4) is 22.9 Å². The van der Waals surface area contributed by atoms with Crippen molar-refractivity contribution in [1.29, 1.82) is 0 Å². The SMILES string of the molecule is COc1cc(N2Cc3cnc(-c4cc(C)cc(C(C)(C)C)c4)nc3C2=O)ccc1OCCC1CCCCN1. The lowest BCUT2D eigenvalue weighted by Gasteiger charge is -2.23. The molecule has 7 heteroatoms. The molecule has 0 radical (unpaired) electrons. The maximum Gasteiger partial charge on any atom is 0.277 e. The van der Waals surface area contributed by atoms with E-state index < -0.39 is 0 Å². The van der Waals surface area contributed by atoms with Gasteiger partial charge in [0, 0.05) is 35.1 Å². The van der Waals surface area contributed by atoms with Crippen molar-refractivity contribution < 1.29 is 14.3 Å². The standard InChI is InChI=1S/C31H38N4O3/c1-20-14-21(16-23(15-20)31(2,3)4)29-33-18-22-19-35(30(36)28(22)34-29)25-9-10-26(27(17-25)37-5)38-13-11-24-8-6-7-12-32-24/h9-10,14-18,24,32H,6-8,11-13,19H2,1-5H3. The number of benzene rings is 2. The maximum atomic E-state index is 13.5. The lowest BCUT2D eigenvalue weighted by Crippen LogP contribution is -2.35. The minimum Gasteiger partial charge on any atom is -0.493 e. The van der Waals surface area contributed by atoms with Gasteiger partial charge in [0.2, 0.25) is 0 Å². The number of rotatable bonds is 7. The van der Waals surface area contributed by atoms with E-state index in [0.717, 1.165) is 35.3 Å². The molecule has 1 saturated heterocycles. The molecule has 38 heavy (non-hydrogen) atoms. The Morgan fingerprint density at radius 2 is 1.95 bits per heavy atom. The number of methoxy groups -OCH3 is 1. The summed E-state index contributed by atoms with van der Waals surface area (Å²) in [5.41, 5.74) is 5.32. The Balaban J connectivity index is 1.33. The number of aryl methyl sites for hydroxylation is 1. The van der Waals surface area contributed by atoms with Gasteiger partial charge in [-0.25, -0.2) is 9.97 Å². The highest BCUT2D eigenvalue weighted by Gasteiger charge is 2.32. The predicted octanol–water partition coefficient (Wildman–Crippen LogP) is 5.83. The van der Waals surface area contributed by atoms with Crippen LogP contribution in [0, 0.1) is 6.92 Å². The van der Waals surface area contributed by atoms with Crippen molar-refractivity contribution in [3.63, 3.8) is 0 Å². The number of carbonyl (C=O) groups is 1. The van der Waals surface area contributed by atoms with Gasteiger partial charge in [0.05, 0.1) is 20.3 Å². The average Bonchev–Trinajstić information content (AvgIpc) is 3.24. The number of carbonyl (C=O) groups excluding carboxylic acids is 1. The molecular formula is C31H38N4O3. The summed E-state index contributed by atoms with van der Waals surface area (Å²) in [5.74, 6) is 1.74. The minimum atomic E-state index is -0.133. The van der Waals surface area contributed by atoms with E-state index in [0.29, 0.717) is 42.2 Å². The number of piperidine rings is 1. The Labute approximate surface area is 225 Å². The Morgan fingerprint density at radius 3 is 2.68 bits per heavy atom. The van der Waals surface area contributed by atoms with Gasteiger partial charge in [-0.05, 0) is 68.0 Å². The van der Waals surface area contributed by atoms with Crippen LogP contribution in [0.5, 0.6) is 11.5 Å². The Kier molecular flexibility index (Phi) is 7.39. The van der Waals surface area contributed by atoms with E-state index in [1.807, 2.05) is 18.2 Å². The van der Waals surface area contributed by atoms with E-state index in [9.17, 15) is 4.79 Å². The molecule has 3 aromatic rings. The van der Waals surface area contributed by atoms with Crippen LogP contribution in [0.2, 0.25) is 0 Å². The third kappa shape index (κ3) is 5.53. The van der Waals surface area contributed by atoms with Gasteiger partial charge >= 0.3 is 0 Å². The van der Waals surface area contributed by atoms with Gasteiger partial charge < -0.3 is 19.7 Å². The molecule has 200 valence electrons. The van der Waals surface area contributed by atoms with Crippen LogP contribution in [0.15, 0.2) is 42.6 Å². The first-order valence-electron chi connectivity index (χ1n) is 13.6. The minimum absolute atomic E-state index is 0.00576. The molecule has 2 aliphatic rings. The van der Waals surface area contributed by atoms with E-state index in [2.05, 4.69) is 56.2 Å². The number of fused-ring (bicyclic) bond motifs is 1. The molecule has 1 fully saturated rings. The average molecular weight is 515 g/mol. The Bertz CT molecular complexity index is 1330. The summed E-state index contributed by atoms with van der Waals surface area (Å²) in [6, 6.07) is 12.6. The van der Waals surface area contributed by atoms with Crippen LogP contribution >= 0.6 is 0 Å². The zero-order valence-corrected chi connectivity index (χ0v) is 23.1. The van der Waals surface area contributed by atoms with Crippen LogP contribution in [0.3, 0.4) is 0 Å². The van der Waals surface area contributed by atoms with Crippen molar-refractivity contribution in [2.45, 2.75) is 71.4 Å². The van der Waals surface area contributed by atoms with E-state index in [4.69, 9.17) is 14.5 Å². The van der Waals surface area contributed by atoms with E-state index in [-0.39, 0.29) is 11.3 Å². The van der Waals surface area contributed by atoms with Crippen molar-refractivity contribution in [2.24, 2.45) is 0 Å². The van der Waals surface area contributed by atoms with Crippen LogP contribution < -0.4 is 19.7 Å². The normalized spacial score (nSPS) is 17.4. The molecule has 2 aromatic carbocycles. The van der Waals surface area contributed by atoms with Crippen LogP contribution in [-0.4, -0.2) is 42.2 Å². The lowest BCUT2D eigenvalue weighted by atomic mass is 9.85. The summed E-state index contributed by atoms with van der Waals surface area (Å²) < 4.78 is 11.7. The van der Waals surface area contributed by atoms with Crippen LogP contribution in [0.4, 0.5) is 5.69 Å². The van der Waals surface area contributed by atoms with Gasteiger partial charge in [-0.15, -0.1) is 0 Å². The summed E-state index contributed by atoms with van der Waals surface area (Å²) in [5, 5.41) is 3.55. The van der Waals surface area contributed by atoms with Gasteiger partial charge in [0.25, 0.3) is 5.91 Å². The molecule has 1 unspecified atom stereocenters. The maximum absolute atomic E-state index is 13.5. The number of ether oxygens (including phenoxy) is 2. The fourth-order valence-corrected chi connectivity index (χ4v) is 5.20. The summed E-state index contributed by atoms with van der Waals surface area (Å²) in [7, 11) is 1.63. The number of hydrogen-bond acceptors (Lipinski definition) is 6. The predicted molar refractivity (Wildman–Crippen MR) is 150 cm³/mol. The first-order valence-corrected chi connectivity index (χ1v) is 13.6. The highest BCUT2D eigenvalue weighted by Crippen LogP contribution is 2.36. The third-order valence-corrected chi connectivity index (χ3v) is 7.44. The van der Waals surface area contributed by atoms with Crippen molar-refractivity contribution in [3.05, 3.63) is 65.0 Å². The molecule has 7 nitrogen and oxygen atoms in total. The van der Waals surface area contributed by atoms with Gasteiger partial charge in [-0.3, -0.25) is 4.79 Å². The number of amides is 1. The smallest absolute Gasteiger partial charge is 0.277 e. The Morgan fingerprint density at radius 1 is 1.11 bits per heavy atom. The van der Waals surface area contributed by atoms with Gasteiger partial charge in [0.15, 0.2) is 17.3 Å². The van der Waals surface area contributed by atoms with Crippen molar-refractivity contribution in [2.75, 3.05) is 25.2 Å². The third-order valence-electron chi connectivity index (χ3n) is 7.44. The zero-order valence-electron chi connectivity index (χ0n) is 23.1. The summed E-state index contributed by atoms with van der Waals surface area (Å²) in [6.45, 7) is 10.8. The van der Waals surface area contributed by atoms with Gasteiger partial charge in [-0.2, -0.15) is 0 Å². The fourth-order valence-electron chi connectivity index (χ4n) is 5.20. The molecule has 0 bridgehead atoms. The number of hydrogen-bond donors (Lipinski definition) is 1. The van der Waals surface area contributed by atoms with Crippen LogP contribution in [-0.2, 0) is 12.0 Å². The van der Waals surface area contributed by atoms with E-state index >= 15 is 0 Å². The second-order valence-electron chi connectivity index (χ2n) is 11.4. The molecule has 1 amide bonds. The van der Waals surface area contributed by atoms with Crippen LogP contribution in [0.25, 0.3) is 11.4 Å². The first kappa shape index (κ1) is 26.2. The lowest BCUT2D eigenvalue weighted by molar-refractivity contribution is 0.0992. The highest BCUT2D eigenvalue weighted by molar-refractivity contribution is 6.08. The molecular weight excluding hydrogens is 476 g/mol.